The molecule has 1 aromatic heterocycles. The number of carbonyl (C=O) groups is 1. The van der Waals surface area contributed by atoms with Crippen molar-refractivity contribution in [2.24, 2.45) is 0 Å². The van der Waals surface area contributed by atoms with Crippen molar-refractivity contribution >= 4 is 6.47 Å². The van der Waals surface area contributed by atoms with Crippen LogP contribution < -0.4 is 4.74 Å². The summed E-state index contributed by atoms with van der Waals surface area (Å²) in [4.78, 5) is 24.5. The Bertz CT molecular complexity index is 693. The lowest BCUT2D eigenvalue weighted by atomic mass is 10.2. The number of aromatic nitrogens is 2. The van der Waals surface area contributed by atoms with Crippen molar-refractivity contribution in [1.82, 2.24) is 20.1 Å². The van der Waals surface area contributed by atoms with Crippen molar-refractivity contribution in [2.45, 2.75) is 13.0 Å². The van der Waals surface area contributed by atoms with Gasteiger partial charge >= 0.3 is 6.47 Å². The van der Waals surface area contributed by atoms with Crippen LogP contribution in [0.1, 0.15) is 18.8 Å². The lowest BCUT2D eigenvalue weighted by Gasteiger charge is -2.31. The molecule has 1 aromatic carbocycles. The Morgan fingerprint density at radius 3 is 2.62 bits per heavy atom. The Kier molecular flexibility index (Phi) is 5.02. The number of ether oxygens (including phenoxy) is 1. The van der Waals surface area contributed by atoms with Gasteiger partial charge in [0, 0.05) is 12.4 Å². The van der Waals surface area contributed by atoms with E-state index in [2.05, 4.69) is 9.97 Å². The lowest BCUT2D eigenvalue weighted by Crippen LogP contribution is -2.41. The van der Waals surface area contributed by atoms with Crippen LogP contribution in [-0.4, -0.2) is 39.8 Å². The summed E-state index contributed by atoms with van der Waals surface area (Å²) in [6.07, 6.45) is 5.32. The zero-order chi connectivity index (χ0) is 16.8. The average molecular weight is 326 g/mol. The molecule has 0 N–H and O–H groups in total. The van der Waals surface area contributed by atoms with Crippen molar-refractivity contribution < 1.29 is 14.4 Å². The van der Waals surface area contributed by atoms with Crippen LogP contribution in [-0.2, 0) is 9.63 Å². The molecule has 0 saturated heterocycles. The van der Waals surface area contributed by atoms with Crippen LogP contribution in [0.4, 0.5) is 0 Å². The zero-order valence-electron chi connectivity index (χ0n) is 13.3. The topological polar surface area (TPSA) is 67.8 Å². The van der Waals surface area contributed by atoms with E-state index >= 15 is 0 Å². The molecule has 0 radical (unpaired) electrons. The van der Waals surface area contributed by atoms with E-state index in [0.717, 1.165) is 11.4 Å². The summed E-state index contributed by atoms with van der Waals surface area (Å²) >= 11 is 0. The van der Waals surface area contributed by atoms with E-state index in [1.165, 1.54) is 5.17 Å². The third-order valence-corrected chi connectivity index (χ3v) is 3.58. The van der Waals surface area contributed by atoms with Gasteiger partial charge in [-0.3, -0.25) is 4.79 Å². The quantitative estimate of drug-likeness (QED) is 0.722. The first-order valence-corrected chi connectivity index (χ1v) is 7.60. The minimum atomic E-state index is -0.217. The standard InChI is InChI=1S/C17H18N4O3/c1-14-12-16(17-18-8-5-9-19-17)20(21(14)24-13-22)10-11-23-15-6-3-2-4-7-15/h2-9,12-13,16H,10-11H2,1H3. The first-order chi connectivity index (χ1) is 11.8. The van der Waals surface area contributed by atoms with Crippen molar-refractivity contribution in [1.29, 1.82) is 0 Å². The Morgan fingerprint density at radius 1 is 1.17 bits per heavy atom. The van der Waals surface area contributed by atoms with E-state index in [4.69, 9.17) is 9.57 Å². The van der Waals surface area contributed by atoms with E-state index in [1.54, 1.807) is 18.5 Å². The van der Waals surface area contributed by atoms with E-state index in [-0.39, 0.29) is 6.04 Å². The number of rotatable bonds is 7. The Labute approximate surface area is 140 Å². The molecule has 0 saturated carbocycles. The van der Waals surface area contributed by atoms with Crippen molar-refractivity contribution in [2.75, 3.05) is 13.2 Å². The molecule has 1 unspecified atom stereocenters. The predicted molar refractivity (Wildman–Crippen MR) is 86.2 cm³/mol. The maximum Gasteiger partial charge on any atom is 0.322 e. The van der Waals surface area contributed by atoms with Crippen LogP contribution in [0.3, 0.4) is 0 Å². The van der Waals surface area contributed by atoms with Gasteiger partial charge in [-0.25, -0.2) is 9.97 Å². The number of hydrogen-bond donors (Lipinski definition) is 0. The van der Waals surface area contributed by atoms with Crippen LogP contribution in [0.2, 0.25) is 0 Å². The fourth-order valence-electron chi connectivity index (χ4n) is 2.55. The molecule has 3 rings (SSSR count). The number of carbonyl (C=O) groups excluding carboxylic acids is 1. The van der Waals surface area contributed by atoms with Crippen LogP contribution in [0, 0.1) is 0 Å². The van der Waals surface area contributed by atoms with Gasteiger partial charge in [-0.2, -0.15) is 5.01 Å². The molecule has 2 heterocycles. The zero-order valence-corrected chi connectivity index (χ0v) is 13.3. The minimum absolute atomic E-state index is 0.217. The number of hydrazine groups is 1. The molecule has 0 spiro atoms. The molecule has 2 aromatic rings. The van der Waals surface area contributed by atoms with Gasteiger partial charge in [-0.15, -0.1) is 5.17 Å². The first kappa shape index (κ1) is 15.9. The van der Waals surface area contributed by atoms with Crippen LogP contribution >= 0.6 is 0 Å². The minimum Gasteiger partial charge on any atom is -0.492 e. The van der Waals surface area contributed by atoms with E-state index < -0.39 is 0 Å². The third-order valence-electron chi connectivity index (χ3n) is 3.58. The van der Waals surface area contributed by atoms with E-state index in [0.29, 0.717) is 25.4 Å². The van der Waals surface area contributed by atoms with Gasteiger partial charge < -0.3 is 9.57 Å². The van der Waals surface area contributed by atoms with Crippen LogP contribution in [0.25, 0.3) is 0 Å². The van der Waals surface area contributed by atoms with Gasteiger partial charge in [-0.05, 0) is 31.2 Å². The first-order valence-electron chi connectivity index (χ1n) is 7.60. The van der Waals surface area contributed by atoms with Gasteiger partial charge in [-0.1, -0.05) is 18.2 Å². The summed E-state index contributed by atoms with van der Waals surface area (Å²) in [7, 11) is 0. The molecule has 7 heteroatoms. The second kappa shape index (κ2) is 7.56. The molecule has 124 valence electrons. The van der Waals surface area contributed by atoms with E-state index in [1.807, 2.05) is 48.3 Å². The average Bonchev–Trinajstić information content (AvgIpc) is 2.93. The molecule has 7 nitrogen and oxygen atoms in total. The summed E-state index contributed by atoms with van der Waals surface area (Å²) in [5, 5.41) is 3.30. The second-order valence-electron chi connectivity index (χ2n) is 5.16. The summed E-state index contributed by atoms with van der Waals surface area (Å²) in [5.74, 6) is 1.42. The third kappa shape index (κ3) is 3.52. The molecular formula is C17H18N4O3. The number of hydrogen-bond acceptors (Lipinski definition) is 7. The maximum absolute atomic E-state index is 10.8. The van der Waals surface area contributed by atoms with Gasteiger partial charge in [0.2, 0.25) is 0 Å². The molecule has 1 atom stereocenters. The van der Waals surface area contributed by atoms with Gasteiger partial charge in [0.1, 0.15) is 18.4 Å². The molecule has 24 heavy (non-hydrogen) atoms. The summed E-state index contributed by atoms with van der Waals surface area (Å²) in [5.41, 5.74) is 0.791. The molecule has 0 aliphatic carbocycles. The molecular weight excluding hydrogens is 308 g/mol. The number of benzene rings is 1. The maximum atomic E-state index is 10.8. The monoisotopic (exact) mass is 326 g/mol. The highest BCUT2D eigenvalue weighted by Gasteiger charge is 2.34. The fourth-order valence-corrected chi connectivity index (χ4v) is 2.55. The molecule has 0 fully saturated rings. The molecule has 1 aliphatic rings. The number of nitrogens with zero attached hydrogens (tertiary/aromatic N) is 4. The lowest BCUT2D eigenvalue weighted by molar-refractivity contribution is -0.236. The number of hydroxylamine groups is 1. The van der Waals surface area contributed by atoms with Crippen molar-refractivity contribution in [3.63, 3.8) is 0 Å². The van der Waals surface area contributed by atoms with Crippen molar-refractivity contribution in [3.8, 4) is 5.75 Å². The summed E-state index contributed by atoms with van der Waals surface area (Å²) in [6.45, 7) is 3.18. The fraction of sp³-hybridized carbons (Fsp3) is 0.235. The summed E-state index contributed by atoms with van der Waals surface area (Å²) < 4.78 is 5.74. The predicted octanol–water partition coefficient (Wildman–Crippen LogP) is 2.12. The molecule has 0 bridgehead atoms. The van der Waals surface area contributed by atoms with Gasteiger partial charge in [0.05, 0.1) is 12.2 Å². The highest BCUT2D eigenvalue weighted by molar-refractivity contribution is 5.37. The van der Waals surface area contributed by atoms with Gasteiger partial charge in [0.25, 0.3) is 0 Å². The summed E-state index contributed by atoms with van der Waals surface area (Å²) in [6, 6.07) is 11.1. The number of para-hydroxylation sites is 1. The molecule has 0 amide bonds. The highest BCUT2D eigenvalue weighted by atomic mass is 16.7. The second-order valence-corrected chi connectivity index (χ2v) is 5.16. The van der Waals surface area contributed by atoms with Gasteiger partial charge in [0.15, 0.2) is 5.82 Å². The normalized spacial score (nSPS) is 17.5. The largest absolute Gasteiger partial charge is 0.492 e. The van der Waals surface area contributed by atoms with Crippen LogP contribution in [0.5, 0.6) is 5.75 Å². The highest BCUT2D eigenvalue weighted by Crippen LogP contribution is 2.31. The number of allylic oxidation sites excluding steroid dienone is 1. The molecule has 1 aliphatic heterocycles. The van der Waals surface area contributed by atoms with Crippen molar-refractivity contribution in [3.05, 3.63) is 66.4 Å². The van der Waals surface area contributed by atoms with Crippen LogP contribution in [0.15, 0.2) is 60.6 Å². The smallest absolute Gasteiger partial charge is 0.322 e. The Hall–Kier alpha value is -2.93. The Balaban J connectivity index is 1.71. The van der Waals surface area contributed by atoms with E-state index in [9.17, 15) is 4.79 Å². The Morgan fingerprint density at radius 2 is 1.92 bits per heavy atom. The SMILES string of the molecule is CC1=CC(c2ncccn2)N(CCOc2ccccc2)N1OC=O.